The van der Waals surface area contributed by atoms with Crippen molar-refractivity contribution in [2.45, 2.75) is 58.7 Å². The van der Waals surface area contributed by atoms with E-state index in [4.69, 9.17) is 10.5 Å². The maximum absolute atomic E-state index is 6.19. The van der Waals surface area contributed by atoms with Crippen molar-refractivity contribution in [1.82, 2.24) is 14.8 Å². The number of ether oxygens (including phenoxy) is 1. The molecule has 98 valence electrons. The van der Waals surface area contributed by atoms with Crippen molar-refractivity contribution in [3.63, 3.8) is 0 Å². The Labute approximate surface area is 103 Å². The van der Waals surface area contributed by atoms with Gasteiger partial charge in [-0.15, -0.1) is 0 Å². The highest BCUT2D eigenvalue weighted by atomic mass is 16.5. The highest BCUT2D eigenvalue weighted by Gasteiger charge is 2.28. The minimum absolute atomic E-state index is 0.0934. The number of aromatic nitrogens is 3. The van der Waals surface area contributed by atoms with E-state index < -0.39 is 0 Å². The predicted molar refractivity (Wildman–Crippen MR) is 67.8 cm³/mol. The van der Waals surface area contributed by atoms with Crippen LogP contribution in [0.2, 0.25) is 0 Å². The van der Waals surface area contributed by atoms with Crippen LogP contribution in [0.4, 0.5) is 0 Å². The standard InChI is InChI=1S/C12H24N4O/c1-6-17-12(4,5)10(13)7-11-14-8-15-16(11)9(2)3/h8-10H,6-7,13H2,1-5H3. The average Bonchev–Trinajstić information content (AvgIpc) is 2.65. The first kappa shape index (κ1) is 14.1. The molecule has 1 heterocycles. The Bertz CT molecular complexity index is 346. The average molecular weight is 240 g/mol. The predicted octanol–water partition coefficient (Wildman–Crippen LogP) is 1.54. The third-order valence-corrected chi connectivity index (χ3v) is 2.95. The normalized spacial score (nSPS) is 14.3. The SMILES string of the molecule is CCOC(C)(C)C(N)Cc1ncnn1C(C)C. The molecule has 0 amide bonds. The van der Waals surface area contributed by atoms with Crippen molar-refractivity contribution in [2.24, 2.45) is 5.73 Å². The van der Waals surface area contributed by atoms with Gasteiger partial charge in [0.15, 0.2) is 0 Å². The van der Waals surface area contributed by atoms with Crippen molar-refractivity contribution in [2.75, 3.05) is 6.61 Å². The zero-order valence-corrected chi connectivity index (χ0v) is 11.5. The second-order valence-corrected chi connectivity index (χ2v) is 5.06. The van der Waals surface area contributed by atoms with Crippen LogP contribution in [-0.4, -0.2) is 33.0 Å². The van der Waals surface area contributed by atoms with Gasteiger partial charge >= 0.3 is 0 Å². The highest BCUT2D eigenvalue weighted by Crippen LogP contribution is 2.17. The summed E-state index contributed by atoms with van der Waals surface area (Å²) >= 11 is 0. The van der Waals surface area contributed by atoms with Gasteiger partial charge in [-0.2, -0.15) is 5.10 Å². The summed E-state index contributed by atoms with van der Waals surface area (Å²) in [5.41, 5.74) is 5.85. The maximum Gasteiger partial charge on any atom is 0.138 e. The van der Waals surface area contributed by atoms with Crippen LogP contribution in [0.15, 0.2) is 6.33 Å². The van der Waals surface area contributed by atoms with E-state index in [2.05, 4.69) is 23.9 Å². The largest absolute Gasteiger partial charge is 0.374 e. The summed E-state index contributed by atoms with van der Waals surface area (Å²) in [7, 11) is 0. The Morgan fingerprint density at radius 2 is 2.12 bits per heavy atom. The summed E-state index contributed by atoms with van der Waals surface area (Å²) in [6.07, 6.45) is 2.25. The second kappa shape index (κ2) is 5.60. The van der Waals surface area contributed by atoms with E-state index in [1.54, 1.807) is 6.33 Å². The molecule has 0 spiro atoms. The molecule has 1 unspecified atom stereocenters. The number of nitrogens with two attached hydrogens (primary N) is 1. The smallest absolute Gasteiger partial charge is 0.138 e. The Morgan fingerprint density at radius 3 is 2.65 bits per heavy atom. The van der Waals surface area contributed by atoms with E-state index in [9.17, 15) is 0 Å². The zero-order valence-electron chi connectivity index (χ0n) is 11.5. The lowest BCUT2D eigenvalue weighted by Gasteiger charge is -2.31. The molecule has 2 N–H and O–H groups in total. The van der Waals surface area contributed by atoms with Gasteiger partial charge in [-0.25, -0.2) is 9.67 Å². The molecule has 0 fully saturated rings. The van der Waals surface area contributed by atoms with Crippen LogP contribution in [0.3, 0.4) is 0 Å². The Balaban J connectivity index is 2.74. The molecule has 1 aromatic heterocycles. The van der Waals surface area contributed by atoms with Gasteiger partial charge in [-0.05, 0) is 34.6 Å². The van der Waals surface area contributed by atoms with Gasteiger partial charge in [0.25, 0.3) is 0 Å². The lowest BCUT2D eigenvalue weighted by Crippen LogP contribution is -2.47. The quantitative estimate of drug-likeness (QED) is 0.819. The molecule has 0 bridgehead atoms. The third kappa shape index (κ3) is 3.51. The Kier molecular flexibility index (Phi) is 4.65. The fourth-order valence-electron chi connectivity index (χ4n) is 1.77. The van der Waals surface area contributed by atoms with Gasteiger partial charge in [0.05, 0.1) is 5.60 Å². The van der Waals surface area contributed by atoms with E-state index in [0.29, 0.717) is 19.1 Å². The van der Waals surface area contributed by atoms with Crippen molar-refractivity contribution in [3.05, 3.63) is 12.2 Å². The van der Waals surface area contributed by atoms with Crippen LogP contribution >= 0.6 is 0 Å². The fourth-order valence-corrected chi connectivity index (χ4v) is 1.77. The lowest BCUT2D eigenvalue weighted by molar-refractivity contribution is -0.0294. The van der Waals surface area contributed by atoms with Crippen LogP contribution in [0.25, 0.3) is 0 Å². The molecule has 0 saturated heterocycles. The molecular formula is C12H24N4O. The fraction of sp³-hybridized carbons (Fsp3) is 0.833. The van der Waals surface area contributed by atoms with Crippen molar-refractivity contribution in [3.8, 4) is 0 Å². The van der Waals surface area contributed by atoms with Crippen molar-refractivity contribution in [1.29, 1.82) is 0 Å². The molecule has 5 heteroatoms. The van der Waals surface area contributed by atoms with Crippen molar-refractivity contribution < 1.29 is 4.74 Å². The van der Waals surface area contributed by atoms with Gasteiger partial charge in [-0.3, -0.25) is 0 Å². The molecule has 0 aliphatic carbocycles. The van der Waals surface area contributed by atoms with Crippen LogP contribution in [0.5, 0.6) is 0 Å². The summed E-state index contributed by atoms with van der Waals surface area (Å²) in [5.74, 6) is 0.917. The topological polar surface area (TPSA) is 66.0 Å². The van der Waals surface area contributed by atoms with E-state index in [-0.39, 0.29) is 11.6 Å². The molecule has 17 heavy (non-hydrogen) atoms. The summed E-state index contributed by atoms with van der Waals surface area (Å²) in [6, 6.07) is 0.207. The van der Waals surface area contributed by atoms with Crippen LogP contribution in [0.1, 0.15) is 46.5 Å². The molecule has 0 aliphatic heterocycles. The molecule has 1 aromatic rings. The van der Waals surface area contributed by atoms with Crippen molar-refractivity contribution >= 4 is 0 Å². The van der Waals surface area contributed by atoms with Crippen LogP contribution < -0.4 is 5.73 Å². The first-order valence-electron chi connectivity index (χ1n) is 6.16. The summed E-state index contributed by atoms with van der Waals surface area (Å²) in [5, 5.41) is 4.21. The summed E-state index contributed by atoms with van der Waals surface area (Å²) in [4.78, 5) is 4.27. The summed E-state index contributed by atoms with van der Waals surface area (Å²) < 4.78 is 7.56. The lowest BCUT2D eigenvalue weighted by atomic mass is 9.96. The Morgan fingerprint density at radius 1 is 1.47 bits per heavy atom. The van der Waals surface area contributed by atoms with E-state index in [1.165, 1.54) is 0 Å². The minimum Gasteiger partial charge on any atom is -0.374 e. The second-order valence-electron chi connectivity index (χ2n) is 5.06. The summed E-state index contributed by atoms with van der Waals surface area (Å²) in [6.45, 7) is 10.8. The monoisotopic (exact) mass is 240 g/mol. The van der Waals surface area contributed by atoms with Crippen LogP contribution in [-0.2, 0) is 11.2 Å². The Hall–Kier alpha value is -0.940. The van der Waals surface area contributed by atoms with Gasteiger partial charge < -0.3 is 10.5 Å². The van der Waals surface area contributed by atoms with Gasteiger partial charge in [0, 0.05) is 25.1 Å². The van der Waals surface area contributed by atoms with Crippen LogP contribution in [0, 0.1) is 0 Å². The highest BCUT2D eigenvalue weighted by molar-refractivity contribution is 4.96. The maximum atomic E-state index is 6.19. The molecule has 0 radical (unpaired) electrons. The molecule has 0 saturated carbocycles. The van der Waals surface area contributed by atoms with E-state index in [1.807, 2.05) is 25.5 Å². The molecule has 0 aromatic carbocycles. The van der Waals surface area contributed by atoms with E-state index >= 15 is 0 Å². The molecular weight excluding hydrogens is 216 g/mol. The molecule has 5 nitrogen and oxygen atoms in total. The minimum atomic E-state index is -0.345. The number of rotatable bonds is 6. The first-order chi connectivity index (χ1) is 7.88. The number of hydrogen-bond acceptors (Lipinski definition) is 4. The number of nitrogens with zero attached hydrogens (tertiary/aromatic N) is 3. The molecule has 1 rings (SSSR count). The van der Waals surface area contributed by atoms with E-state index in [0.717, 1.165) is 5.82 Å². The van der Waals surface area contributed by atoms with Gasteiger partial charge in [-0.1, -0.05) is 0 Å². The van der Waals surface area contributed by atoms with Gasteiger partial charge in [0.2, 0.25) is 0 Å². The third-order valence-electron chi connectivity index (χ3n) is 2.95. The zero-order chi connectivity index (χ0) is 13.1. The first-order valence-corrected chi connectivity index (χ1v) is 6.16. The molecule has 1 atom stereocenters. The molecule has 0 aliphatic rings. The van der Waals surface area contributed by atoms with Gasteiger partial charge in [0.1, 0.15) is 12.2 Å². The number of hydrogen-bond donors (Lipinski definition) is 1.